The molecule has 1 aliphatic rings. The van der Waals surface area contributed by atoms with Gasteiger partial charge >= 0.3 is 5.97 Å². The van der Waals surface area contributed by atoms with Gasteiger partial charge in [-0.15, -0.1) is 0 Å². The van der Waals surface area contributed by atoms with Gasteiger partial charge in [0.1, 0.15) is 0 Å². The number of esters is 1. The summed E-state index contributed by atoms with van der Waals surface area (Å²) in [6, 6.07) is 0. The van der Waals surface area contributed by atoms with Crippen LogP contribution in [0.5, 0.6) is 0 Å². The summed E-state index contributed by atoms with van der Waals surface area (Å²) >= 11 is 0. The molecule has 0 saturated heterocycles. The number of hydrogen-bond acceptors (Lipinski definition) is 2. The van der Waals surface area contributed by atoms with Gasteiger partial charge in [0, 0.05) is 6.42 Å². The Morgan fingerprint density at radius 3 is 2.80 bits per heavy atom. The summed E-state index contributed by atoms with van der Waals surface area (Å²) in [5, 5.41) is 0. The number of hydrogen-bond donors (Lipinski definition) is 0. The number of carbonyl (C=O) groups excluding carboxylic acids is 1. The SMILES string of the molecule is C=C1C=C[C@](C)(CCOC(=O)CC)[C@H]1C. The zero-order chi connectivity index (χ0) is 11.5. The van der Waals surface area contributed by atoms with E-state index in [1.807, 2.05) is 6.92 Å². The molecule has 15 heavy (non-hydrogen) atoms. The smallest absolute Gasteiger partial charge is 0.305 e. The minimum Gasteiger partial charge on any atom is -0.466 e. The van der Waals surface area contributed by atoms with E-state index in [0.717, 1.165) is 6.42 Å². The molecule has 2 nitrogen and oxygen atoms in total. The Labute approximate surface area is 92.0 Å². The minimum atomic E-state index is -0.118. The Hall–Kier alpha value is -1.05. The summed E-state index contributed by atoms with van der Waals surface area (Å²) in [5.41, 5.74) is 1.27. The molecule has 2 heteroatoms. The lowest BCUT2D eigenvalue weighted by Crippen LogP contribution is -2.22. The third-order valence-corrected chi connectivity index (χ3v) is 3.42. The molecule has 0 fully saturated rings. The first-order chi connectivity index (χ1) is 6.99. The minimum absolute atomic E-state index is 0.102. The van der Waals surface area contributed by atoms with Gasteiger partial charge < -0.3 is 4.74 Å². The van der Waals surface area contributed by atoms with Crippen LogP contribution in [0.4, 0.5) is 0 Å². The zero-order valence-corrected chi connectivity index (χ0v) is 9.88. The molecule has 0 aromatic rings. The van der Waals surface area contributed by atoms with Crippen LogP contribution >= 0.6 is 0 Å². The molecule has 2 atom stereocenters. The van der Waals surface area contributed by atoms with E-state index < -0.39 is 0 Å². The Kier molecular flexibility index (Phi) is 3.72. The highest BCUT2D eigenvalue weighted by Crippen LogP contribution is 2.42. The molecule has 0 aliphatic heterocycles. The molecule has 0 heterocycles. The van der Waals surface area contributed by atoms with Crippen molar-refractivity contribution in [3.05, 3.63) is 24.3 Å². The van der Waals surface area contributed by atoms with Crippen molar-refractivity contribution in [1.29, 1.82) is 0 Å². The van der Waals surface area contributed by atoms with E-state index in [1.165, 1.54) is 5.57 Å². The van der Waals surface area contributed by atoms with Crippen LogP contribution < -0.4 is 0 Å². The van der Waals surface area contributed by atoms with Gasteiger partial charge in [0.05, 0.1) is 6.61 Å². The number of rotatable bonds is 4. The van der Waals surface area contributed by atoms with Gasteiger partial charge in [0.2, 0.25) is 0 Å². The molecule has 0 spiro atoms. The molecule has 0 radical (unpaired) electrons. The van der Waals surface area contributed by atoms with Crippen molar-refractivity contribution in [1.82, 2.24) is 0 Å². The van der Waals surface area contributed by atoms with Crippen molar-refractivity contribution in [3.8, 4) is 0 Å². The first-order valence-corrected chi connectivity index (χ1v) is 5.53. The molecule has 0 saturated carbocycles. The van der Waals surface area contributed by atoms with Gasteiger partial charge in [-0.05, 0) is 17.8 Å². The van der Waals surface area contributed by atoms with Crippen LogP contribution in [0.2, 0.25) is 0 Å². The largest absolute Gasteiger partial charge is 0.466 e. The zero-order valence-electron chi connectivity index (χ0n) is 9.88. The van der Waals surface area contributed by atoms with E-state index >= 15 is 0 Å². The van der Waals surface area contributed by atoms with Crippen molar-refractivity contribution < 1.29 is 9.53 Å². The third kappa shape index (κ3) is 2.71. The van der Waals surface area contributed by atoms with E-state index in [2.05, 4.69) is 32.6 Å². The van der Waals surface area contributed by atoms with E-state index in [9.17, 15) is 4.79 Å². The summed E-state index contributed by atoms with van der Waals surface area (Å²) in [6.45, 7) is 10.7. The Morgan fingerprint density at radius 1 is 1.67 bits per heavy atom. The van der Waals surface area contributed by atoms with Crippen LogP contribution in [0.3, 0.4) is 0 Å². The summed E-state index contributed by atoms with van der Waals surface area (Å²) < 4.78 is 5.10. The lowest BCUT2D eigenvalue weighted by molar-refractivity contribution is -0.143. The maximum atomic E-state index is 11.0. The lowest BCUT2D eigenvalue weighted by Gasteiger charge is -2.28. The lowest BCUT2D eigenvalue weighted by atomic mass is 9.77. The molecule has 0 amide bonds. The summed E-state index contributed by atoms with van der Waals surface area (Å²) in [4.78, 5) is 11.0. The summed E-state index contributed by atoms with van der Waals surface area (Å²) in [6.07, 6.45) is 5.58. The van der Waals surface area contributed by atoms with Crippen LogP contribution in [0.25, 0.3) is 0 Å². The molecule has 1 aliphatic carbocycles. The highest BCUT2D eigenvalue weighted by molar-refractivity contribution is 5.68. The van der Waals surface area contributed by atoms with Gasteiger partial charge in [-0.3, -0.25) is 4.79 Å². The summed E-state index contributed by atoms with van der Waals surface area (Å²) in [7, 11) is 0. The van der Waals surface area contributed by atoms with Crippen molar-refractivity contribution in [3.63, 3.8) is 0 Å². The highest BCUT2D eigenvalue weighted by Gasteiger charge is 2.33. The summed E-state index contributed by atoms with van der Waals surface area (Å²) in [5.74, 6) is 0.324. The van der Waals surface area contributed by atoms with Crippen molar-refractivity contribution >= 4 is 5.97 Å². The van der Waals surface area contributed by atoms with Crippen molar-refractivity contribution in [2.24, 2.45) is 11.3 Å². The molecule has 0 aromatic carbocycles. The maximum Gasteiger partial charge on any atom is 0.305 e. The van der Waals surface area contributed by atoms with Crippen LogP contribution in [-0.4, -0.2) is 12.6 Å². The maximum absolute atomic E-state index is 11.0. The fourth-order valence-electron chi connectivity index (χ4n) is 1.80. The van der Waals surface area contributed by atoms with Crippen molar-refractivity contribution in [2.45, 2.75) is 33.6 Å². The molecular formula is C13H20O2. The second-order valence-electron chi connectivity index (χ2n) is 4.46. The quantitative estimate of drug-likeness (QED) is 0.664. The standard InChI is InChI=1S/C13H20O2/c1-5-12(14)15-9-8-13(4)7-6-10(2)11(13)3/h6-7,11H,2,5,8-9H2,1,3-4H3/t11-,13+/m0/s1. The topological polar surface area (TPSA) is 26.3 Å². The third-order valence-electron chi connectivity index (χ3n) is 3.42. The van der Waals surface area contributed by atoms with E-state index in [-0.39, 0.29) is 11.4 Å². The first kappa shape index (κ1) is 12.0. The number of carbonyl (C=O) groups is 1. The molecule has 0 bridgehead atoms. The fraction of sp³-hybridized carbons (Fsp3) is 0.615. The predicted octanol–water partition coefficient (Wildman–Crippen LogP) is 3.10. The molecular weight excluding hydrogens is 188 g/mol. The van der Waals surface area contributed by atoms with E-state index in [1.54, 1.807) is 0 Å². The van der Waals surface area contributed by atoms with Gasteiger partial charge in [0.15, 0.2) is 0 Å². The molecule has 0 aromatic heterocycles. The molecule has 84 valence electrons. The Balaban J connectivity index is 2.42. The molecule has 1 rings (SSSR count). The van der Waals surface area contributed by atoms with E-state index in [0.29, 0.717) is 18.9 Å². The first-order valence-electron chi connectivity index (χ1n) is 5.53. The second kappa shape index (κ2) is 4.65. The van der Waals surface area contributed by atoms with Crippen molar-refractivity contribution in [2.75, 3.05) is 6.61 Å². The second-order valence-corrected chi connectivity index (χ2v) is 4.46. The molecule has 0 N–H and O–H groups in total. The monoisotopic (exact) mass is 208 g/mol. The predicted molar refractivity (Wildman–Crippen MR) is 61.4 cm³/mol. The van der Waals surface area contributed by atoms with Crippen LogP contribution in [0.15, 0.2) is 24.3 Å². The van der Waals surface area contributed by atoms with Gasteiger partial charge in [-0.2, -0.15) is 0 Å². The average molecular weight is 208 g/mol. The van der Waals surface area contributed by atoms with Gasteiger partial charge in [-0.25, -0.2) is 0 Å². The number of ether oxygens (including phenoxy) is 1. The molecule has 0 unspecified atom stereocenters. The highest BCUT2D eigenvalue weighted by atomic mass is 16.5. The van der Waals surface area contributed by atoms with Crippen LogP contribution in [0.1, 0.15) is 33.6 Å². The average Bonchev–Trinajstić information content (AvgIpc) is 2.47. The number of allylic oxidation sites excluding steroid dienone is 3. The Morgan fingerprint density at radius 2 is 2.33 bits per heavy atom. The van der Waals surface area contributed by atoms with Gasteiger partial charge in [-0.1, -0.05) is 45.1 Å². The fourth-order valence-corrected chi connectivity index (χ4v) is 1.80. The van der Waals surface area contributed by atoms with Gasteiger partial charge in [0.25, 0.3) is 0 Å². The van der Waals surface area contributed by atoms with Crippen LogP contribution in [-0.2, 0) is 9.53 Å². The normalized spacial score (nSPS) is 29.5. The van der Waals surface area contributed by atoms with E-state index in [4.69, 9.17) is 4.74 Å². The van der Waals surface area contributed by atoms with Crippen LogP contribution in [0, 0.1) is 11.3 Å². The Bertz CT molecular complexity index is 291.